The third kappa shape index (κ3) is 3.98. The number of aromatic nitrogens is 2. The highest BCUT2D eigenvalue weighted by Gasteiger charge is 2.36. The Hall–Kier alpha value is -1.53. The van der Waals surface area contributed by atoms with E-state index in [1.807, 2.05) is 11.8 Å². The van der Waals surface area contributed by atoms with Crippen LogP contribution in [0.4, 0.5) is 24.8 Å². The van der Waals surface area contributed by atoms with Gasteiger partial charge in [-0.2, -0.15) is 13.2 Å². The molecule has 1 aromatic rings. The standard InChI is InChI=1S/C14H21F3N4/c1-4-18-10-9-11(20-12(19-10)14(15,16)17)21-7-5-13(2,3)6-8-21/h9H,4-8H2,1-3H3,(H,18,19,20). The molecule has 0 aliphatic carbocycles. The Morgan fingerprint density at radius 3 is 2.38 bits per heavy atom. The van der Waals surface area contributed by atoms with Crippen LogP contribution in [0.3, 0.4) is 0 Å². The van der Waals surface area contributed by atoms with E-state index in [4.69, 9.17) is 0 Å². The zero-order valence-electron chi connectivity index (χ0n) is 12.6. The molecule has 0 spiro atoms. The number of alkyl halides is 3. The first kappa shape index (κ1) is 15.9. The van der Waals surface area contributed by atoms with Crippen LogP contribution in [-0.4, -0.2) is 29.6 Å². The van der Waals surface area contributed by atoms with E-state index in [0.29, 0.717) is 25.5 Å². The van der Waals surface area contributed by atoms with E-state index in [9.17, 15) is 13.2 Å². The fraction of sp³-hybridized carbons (Fsp3) is 0.714. The van der Waals surface area contributed by atoms with Crippen molar-refractivity contribution in [3.05, 3.63) is 11.9 Å². The molecule has 2 heterocycles. The number of nitrogens with zero attached hydrogens (tertiary/aromatic N) is 3. The Labute approximate surface area is 122 Å². The molecule has 1 fully saturated rings. The zero-order valence-corrected chi connectivity index (χ0v) is 12.6. The first-order valence-electron chi connectivity index (χ1n) is 7.16. The molecule has 1 N–H and O–H groups in total. The lowest BCUT2D eigenvalue weighted by Crippen LogP contribution is -2.38. The maximum absolute atomic E-state index is 12.9. The minimum Gasteiger partial charge on any atom is -0.370 e. The fourth-order valence-electron chi connectivity index (χ4n) is 2.34. The second-order valence-corrected chi connectivity index (χ2v) is 6.11. The lowest BCUT2D eigenvalue weighted by molar-refractivity contribution is -0.144. The van der Waals surface area contributed by atoms with Gasteiger partial charge in [0.1, 0.15) is 11.6 Å². The molecular formula is C14H21F3N4. The number of anilines is 2. The summed E-state index contributed by atoms with van der Waals surface area (Å²) in [6.07, 6.45) is -2.65. The molecule has 21 heavy (non-hydrogen) atoms. The number of hydrogen-bond acceptors (Lipinski definition) is 4. The van der Waals surface area contributed by atoms with Crippen LogP contribution in [0, 0.1) is 5.41 Å². The molecule has 1 aromatic heterocycles. The Morgan fingerprint density at radius 2 is 1.86 bits per heavy atom. The van der Waals surface area contributed by atoms with E-state index in [-0.39, 0.29) is 11.2 Å². The van der Waals surface area contributed by atoms with Crippen molar-refractivity contribution in [3.8, 4) is 0 Å². The summed E-state index contributed by atoms with van der Waals surface area (Å²) in [4.78, 5) is 9.16. The molecule has 0 radical (unpaired) electrons. The van der Waals surface area contributed by atoms with Gasteiger partial charge in [-0.05, 0) is 25.2 Å². The van der Waals surface area contributed by atoms with E-state index in [2.05, 4.69) is 29.1 Å². The highest BCUT2D eigenvalue weighted by molar-refractivity contribution is 5.50. The summed E-state index contributed by atoms with van der Waals surface area (Å²) in [5.41, 5.74) is 0.237. The Morgan fingerprint density at radius 1 is 1.24 bits per heavy atom. The third-order valence-electron chi connectivity index (χ3n) is 3.77. The van der Waals surface area contributed by atoms with Gasteiger partial charge in [-0.15, -0.1) is 0 Å². The molecule has 0 unspecified atom stereocenters. The van der Waals surface area contributed by atoms with Crippen molar-refractivity contribution >= 4 is 11.6 Å². The van der Waals surface area contributed by atoms with Crippen LogP contribution in [0.2, 0.25) is 0 Å². The molecule has 1 aliphatic heterocycles. The molecule has 0 aromatic carbocycles. The molecule has 0 saturated carbocycles. The van der Waals surface area contributed by atoms with Crippen LogP contribution in [0.5, 0.6) is 0 Å². The summed E-state index contributed by atoms with van der Waals surface area (Å²) in [5.74, 6) is -0.510. The second kappa shape index (κ2) is 5.69. The van der Waals surface area contributed by atoms with Crippen molar-refractivity contribution in [3.63, 3.8) is 0 Å². The lowest BCUT2D eigenvalue weighted by Gasteiger charge is -2.37. The molecule has 2 rings (SSSR count). The predicted molar refractivity (Wildman–Crippen MR) is 76.4 cm³/mol. The van der Waals surface area contributed by atoms with Crippen molar-refractivity contribution in [1.29, 1.82) is 0 Å². The van der Waals surface area contributed by atoms with E-state index in [1.54, 1.807) is 6.07 Å². The number of hydrogen-bond donors (Lipinski definition) is 1. The maximum Gasteiger partial charge on any atom is 0.451 e. The predicted octanol–water partition coefficient (Wildman–Crippen LogP) is 3.55. The number of halogens is 3. The molecule has 1 aliphatic rings. The van der Waals surface area contributed by atoms with Crippen molar-refractivity contribution in [2.75, 3.05) is 29.9 Å². The lowest BCUT2D eigenvalue weighted by atomic mass is 9.83. The summed E-state index contributed by atoms with van der Waals surface area (Å²) < 4.78 is 38.7. The monoisotopic (exact) mass is 302 g/mol. The zero-order chi connectivity index (χ0) is 15.7. The minimum absolute atomic E-state index is 0.222. The van der Waals surface area contributed by atoms with Crippen LogP contribution in [-0.2, 0) is 6.18 Å². The van der Waals surface area contributed by atoms with Gasteiger partial charge >= 0.3 is 6.18 Å². The minimum atomic E-state index is -4.53. The fourth-order valence-corrected chi connectivity index (χ4v) is 2.34. The highest BCUT2D eigenvalue weighted by atomic mass is 19.4. The molecule has 118 valence electrons. The Balaban J connectivity index is 2.28. The Kier molecular flexibility index (Phi) is 4.30. The van der Waals surface area contributed by atoms with Crippen LogP contribution in [0.15, 0.2) is 6.07 Å². The van der Waals surface area contributed by atoms with Gasteiger partial charge in [0.15, 0.2) is 0 Å². The molecular weight excluding hydrogens is 281 g/mol. The van der Waals surface area contributed by atoms with Crippen molar-refractivity contribution < 1.29 is 13.2 Å². The van der Waals surface area contributed by atoms with Gasteiger partial charge in [0.2, 0.25) is 5.82 Å². The van der Waals surface area contributed by atoms with E-state index in [0.717, 1.165) is 12.8 Å². The molecule has 0 amide bonds. The van der Waals surface area contributed by atoms with Crippen LogP contribution >= 0.6 is 0 Å². The third-order valence-corrected chi connectivity index (χ3v) is 3.77. The van der Waals surface area contributed by atoms with E-state index in [1.165, 1.54) is 0 Å². The van der Waals surface area contributed by atoms with Crippen LogP contribution < -0.4 is 10.2 Å². The quantitative estimate of drug-likeness (QED) is 0.927. The van der Waals surface area contributed by atoms with Gasteiger partial charge in [-0.1, -0.05) is 13.8 Å². The molecule has 4 nitrogen and oxygen atoms in total. The van der Waals surface area contributed by atoms with Crippen LogP contribution in [0.1, 0.15) is 39.4 Å². The van der Waals surface area contributed by atoms with Crippen LogP contribution in [0.25, 0.3) is 0 Å². The highest BCUT2D eigenvalue weighted by Crippen LogP contribution is 2.34. The van der Waals surface area contributed by atoms with E-state index < -0.39 is 12.0 Å². The van der Waals surface area contributed by atoms with Crippen molar-refractivity contribution in [2.45, 2.75) is 39.8 Å². The Bertz CT molecular complexity index is 489. The van der Waals surface area contributed by atoms with Gasteiger partial charge in [-0.25, -0.2) is 9.97 Å². The first-order valence-corrected chi connectivity index (χ1v) is 7.16. The SMILES string of the molecule is CCNc1cc(N2CCC(C)(C)CC2)nc(C(F)(F)F)n1. The number of rotatable bonds is 3. The first-order chi connectivity index (χ1) is 9.71. The average Bonchev–Trinajstić information content (AvgIpc) is 2.37. The topological polar surface area (TPSA) is 41.0 Å². The summed E-state index contributed by atoms with van der Waals surface area (Å²) in [6.45, 7) is 8.12. The van der Waals surface area contributed by atoms with Gasteiger partial charge in [0.25, 0.3) is 0 Å². The normalized spacial score (nSPS) is 18.7. The van der Waals surface area contributed by atoms with Gasteiger partial charge in [0.05, 0.1) is 0 Å². The largest absolute Gasteiger partial charge is 0.451 e. The second-order valence-electron chi connectivity index (χ2n) is 6.11. The maximum atomic E-state index is 12.9. The molecule has 1 saturated heterocycles. The van der Waals surface area contributed by atoms with Gasteiger partial charge in [-0.3, -0.25) is 0 Å². The summed E-state index contributed by atoms with van der Waals surface area (Å²) in [6, 6.07) is 1.59. The number of piperidine rings is 1. The smallest absolute Gasteiger partial charge is 0.370 e. The van der Waals surface area contributed by atoms with Gasteiger partial charge in [0, 0.05) is 25.7 Å². The van der Waals surface area contributed by atoms with Crippen molar-refractivity contribution in [2.24, 2.45) is 5.41 Å². The summed E-state index contributed by atoms with van der Waals surface area (Å²) >= 11 is 0. The van der Waals surface area contributed by atoms with Gasteiger partial charge < -0.3 is 10.2 Å². The molecule has 0 bridgehead atoms. The molecule has 0 atom stereocenters. The average molecular weight is 302 g/mol. The summed E-state index contributed by atoms with van der Waals surface area (Å²) in [5, 5.41) is 2.84. The summed E-state index contributed by atoms with van der Waals surface area (Å²) in [7, 11) is 0. The number of nitrogens with one attached hydrogen (secondary N) is 1. The van der Waals surface area contributed by atoms with Crippen molar-refractivity contribution in [1.82, 2.24) is 9.97 Å². The van der Waals surface area contributed by atoms with E-state index >= 15 is 0 Å². The molecule has 7 heteroatoms.